The van der Waals surface area contributed by atoms with Crippen molar-refractivity contribution >= 4 is 5.78 Å². The summed E-state index contributed by atoms with van der Waals surface area (Å²) in [5.41, 5.74) is 6.08. The number of ketones is 1. The van der Waals surface area contributed by atoms with Crippen molar-refractivity contribution in [3.63, 3.8) is 0 Å². The lowest BCUT2D eigenvalue weighted by Gasteiger charge is -2.15. The molecule has 0 aliphatic carbocycles. The Kier molecular flexibility index (Phi) is 5.32. The van der Waals surface area contributed by atoms with Gasteiger partial charge in [-0.25, -0.2) is 0 Å². The second-order valence-electron chi connectivity index (χ2n) is 5.42. The molecule has 2 aromatic carbocycles. The summed E-state index contributed by atoms with van der Waals surface area (Å²) < 4.78 is 0. The lowest BCUT2D eigenvalue weighted by atomic mass is 9.89. The van der Waals surface area contributed by atoms with E-state index in [1.54, 1.807) is 0 Å². The van der Waals surface area contributed by atoms with E-state index >= 15 is 0 Å². The molecule has 0 N–H and O–H groups in total. The molecular weight excluding hydrogens is 256 g/mol. The quantitative estimate of drug-likeness (QED) is 0.695. The zero-order valence-electron chi connectivity index (χ0n) is 13.3. The number of aryl methyl sites for hydroxylation is 3. The molecule has 21 heavy (non-hydrogen) atoms. The van der Waals surface area contributed by atoms with Crippen LogP contribution in [0.2, 0.25) is 0 Å². The normalized spacial score (nSPS) is 10.6. The van der Waals surface area contributed by atoms with Gasteiger partial charge in [0.05, 0.1) is 0 Å². The summed E-state index contributed by atoms with van der Waals surface area (Å²) in [5, 5.41) is 0. The number of rotatable bonds is 6. The monoisotopic (exact) mass is 280 g/mol. The number of carbonyl (C=O) groups excluding carboxylic acids is 1. The molecule has 0 radical (unpaired) electrons. The lowest BCUT2D eigenvalue weighted by molar-refractivity contribution is 0.0992. The summed E-state index contributed by atoms with van der Waals surface area (Å²) in [6.45, 7) is 6.53. The zero-order valence-corrected chi connectivity index (χ0v) is 13.3. The van der Waals surface area contributed by atoms with Crippen molar-refractivity contribution in [1.82, 2.24) is 0 Å². The SMILES string of the molecule is CCc1cc(CC)c(CC(=O)c2ccccc2)c(CC)c1. The number of hydrogen-bond donors (Lipinski definition) is 0. The van der Waals surface area contributed by atoms with E-state index < -0.39 is 0 Å². The first-order valence-corrected chi connectivity index (χ1v) is 7.91. The molecule has 0 fully saturated rings. The largest absolute Gasteiger partial charge is 0.294 e. The molecule has 0 heterocycles. The topological polar surface area (TPSA) is 17.1 Å². The van der Waals surface area contributed by atoms with Crippen molar-refractivity contribution in [2.45, 2.75) is 46.5 Å². The van der Waals surface area contributed by atoms with Crippen LogP contribution in [0.1, 0.15) is 53.4 Å². The first-order chi connectivity index (χ1) is 10.2. The van der Waals surface area contributed by atoms with Crippen LogP contribution in [0.5, 0.6) is 0 Å². The van der Waals surface area contributed by atoms with Gasteiger partial charge in [0.15, 0.2) is 5.78 Å². The van der Waals surface area contributed by atoms with Crippen molar-refractivity contribution in [3.8, 4) is 0 Å². The van der Waals surface area contributed by atoms with E-state index in [1.165, 1.54) is 22.3 Å². The van der Waals surface area contributed by atoms with Gasteiger partial charge in [-0.05, 0) is 41.5 Å². The van der Waals surface area contributed by atoms with E-state index in [1.807, 2.05) is 30.3 Å². The minimum absolute atomic E-state index is 0.212. The molecule has 110 valence electrons. The first kappa shape index (κ1) is 15.5. The molecule has 0 aromatic heterocycles. The summed E-state index contributed by atoms with van der Waals surface area (Å²) in [6.07, 6.45) is 3.53. The molecule has 0 spiro atoms. The fourth-order valence-electron chi connectivity index (χ4n) is 2.82. The standard InChI is InChI=1S/C20H24O/c1-4-15-12-16(5-2)19(17(6-3)13-15)14-20(21)18-10-8-7-9-11-18/h7-13H,4-6,14H2,1-3H3. The van der Waals surface area contributed by atoms with Crippen LogP contribution in [-0.4, -0.2) is 5.78 Å². The van der Waals surface area contributed by atoms with Crippen LogP contribution in [0.15, 0.2) is 42.5 Å². The number of hydrogen-bond acceptors (Lipinski definition) is 1. The van der Waals surface area contributed by atoms with Gasteiger partial charge in [0.2, 0.25) is 0 Å². The summed E-state index contributed by atoms with van der Waals surface area (Å²) in [4.78, 5) is 12.5. The fraction of sp³-hybridized carbons (Fsp3) is 0.350. The Balaban J connectivity index is 2.36. The molecule has 0 atom stereocenters. The summed E-state index contributed by atoms with van der Waals surface area (Å²) in [6, 6.07) is 14.1. The number of carbonyl (C=O) groups is 1. The van der Waals surface area contributed by atoms with Crippen LogP contribution in [-0.2, 0) is 25.7 Å². The molecule has 0 aliphatic heterocycles. The second-order valence-corrected chi connectivity index (χ2v) is 5.42. The van der Waals surface area contributed by atoms with Crippen molar-refractivity contribution in [3.05, 3.63) is 70.3 Å². The van der Waals surface area contributed by atoms with Crippen molar-refractivity contribution < 1.29 is 4.79 Å². The predicted octanol–water partition coefficient (Wildman–Crippen LogP) is 4.80. The maximum atomic E-state index is 12.5. The van der Waals surface area contributed by atoms with Gasteiger partial charge < -0.3 is 0 Å². The van der Waals surface area contributed by atoms with Gasteiger partial charge in [-0.2, -0.15) is 0 Å². The number of benzene rings is 2. The van der Waals surface area contributed by atoms with Gasteiger partial charge in [-0.3, -0.25) is 4.79 Å². The van der Waals surface area contributed by atoms with Crippen LogP contribution in [0.3, 0.4) is 0 Å². The maximum absolute atomic E-state index is 12.5. The number of Topliss-reactive ketones (excluding diaryl/α,β-unsaturated/α-hetero) is 1. The highest BCUT2D eigenvalue weighted by Gasteiger charge is 2.13. The van der Waals surface area contributed by atoms with Gasteiger partial charge >= 0.3 is 0 Å². The van der Waals surface area contributed by atoms with Crippen molar-refractivity contribution in [1.29, 1.82) is 0 Å². The summed E-state index contributed by atoms with van der Waals surface area (Å²) >= 11 is 0. The molecule has 2 rings (SSSR count). The molecule has 0 saturated carbocycles. The average molecular weight is 280 g/mol. The van der Waals surface area contributed by atoms with Gasteiger partial charge in [0.25, 0.3) is 0 Å². The molecule has 2 aromatic rings. The molecule has 0 bridgehead atoms. The minimum Gasteiger partial charge on any atom is -0.294 e. The third-order valence-electron chi connectivity index (χ3n) is 4.10. The van der Waals surface area contributed by atoms with E-state index in [4.69, 9.17) is 0 Å². The third kappa shape index (κ3) is 3.60. The van der Waals surface area contributed by atoms with Gasteiger partial charge in [-0.15, -0.1) is 0 Å². The summed E-state index contributed by atoms with van der Waals surface area (Å²) in [7, 11) is 0. The highest BCUT2D eigenvalue weighted by atomic mass is 16.1. The van der Waals surface area contributed by atoms with Crippen molar-refractivity contribution in [2.24, 2.45) is 0 Å². The Hall–Kier alpha value is -1.89. The molecule has 1 heteroatoms. The molecule has 1 nitrogen and oxygen atoms in total. The van der Waals surface area contributed by atoms with E-state index in [0.29, 0.717) is 6.42 Å². The summed E-state index contributed by atoms with van der Waals surface area (Å²) in [5.74, 6) is 0.212. The van der Waals surface area contributed by atoms with Gasteiger partial charge in [0.1, 0.15) is 0 Å². The van der Waals surface area contributed by atoms with Gasteiger partial charge in [-0.1, -0.05) is 63.2 Å². The zero-order chi connectivity index (χ0) is 15.2. The van der Waals surface area contributed by atoms with E-state index in [9.17, 15) is 4.79 Å². The van der Waals surface area contributed by atoms with Crippen LogP contribution >= 0.6 is 0 Å². The Morgan fingerprint density at radius 3 is 1.90 bits per heavy atom. The lowest BCUT2D eigenvalue weighted by Crippen LogP contribution is -2.09. The Morgan fingerprint density at radius 1 is 0.857 bits per heavy atom. The minimum atomic E-state index is 0.212. The Morgan fingerprint density at radius 2 is 1.43 bits per heavy atom. The average Bonchev–Trinajstić information content (AvgIpc) is 2.55. The third-order valence-corrected chi connectivity index (χ3v) is 4.10. The molecule has 0 unspecified atom stereocenters. The molecular formula is C20H24O. The van der Waals surface area contributed by atoms with E-state index in [2.05, 4.69) is 32.9 Å². The Bertz CT molecular complexity index is 586. The first-order valence-electron chi connectivity index (χ1n) is 7.91. The fourth-order valence-corrected chi connectivity index (χ4v) is 2.82. The van der Waals surface area contributed by atoms with Crippen LogP contribution in [0, 0.1) is 0 Å². The molecule has 0 amide bonds. The van der Waals surface area contributed by atoms with E-state index in [-0.39, 0.29) is 5.78 Å². The van der Waals surface area contributed by atoms with Crippen molar-refractivity contribution in [2.75, 3.05) is 0 Å². The molecule has 0 saturated heterocycles. The maximum Gasteiger partial charge on any atom is 0.167 e. The van der Waals surface area contributed by atoms with E-state index in [0.717, 1.165) is 24.8 Å². The van der Waals surface area contributed by atoms with Gasteiger partial charge in [0, 0.05) is 12.0 Å². The highest BCUT2D eigenvalue weighted by molar-refractivity contribution is 5.97. The highest BCUT2D eigenvalue weighted by Crippen LogP contribution is 2.22. The smallest absolute Gasteiger partial charge is 0.167 e. The van der Waals surface area contributed by atoms with Crippen LogP contribution in [0.4, 0.5) is 0 Å². The van der Waals surface area contributed by atoms with Crippen LogP contribution in [0.25, 0.3) is 0 Å². The Labute approximate surface area is 128 Å². The second kappa shape index (κ2) is 7.21. The predicted molar refractivity (Wildman–Crippen MR) is 89.1 cm³/mol. The molecule has 0 aliphatic rings. The van der Waals surface area contributed by atoms with Crippen LogP contribution < -0.4 is 0 Å².